The van der Waals surface area contributed by atoms with Crippen molar-refractivity contribution in [1.82, 2.24) is 15.5 Å². The molecule has 0 aromatic carbocycles. The van der Waals surface area contributed by atoms with Crippen LogP contribution in [0.2, 0.25) is 0 Å². The summed E-state index contributed by atoms with van der Waals surface area (Å²) in [5.41, 5.74) is 3.03. The van der Waals surface area contributed by atoms with Crippen LogP contribution in [0.5, 0.6) is 0 Å². The molecule has 1 aromatic heterocycles. The van der Waals surface area contributed by atoms with Crippen LogP contribution in [0.4, 0.5) is 0 Å². The molecule has 3 N–H and O–H groups in total. The fraction of sp³-hybridized carbons (Fsp3) is 0.500. The molecule has 4 heteroatoms. The highest BCUT2D eigenvalue weighted by molar-refractivity contribution is 5.27. The first-order valence-electron chi connectivity index (χ1n) is 3.28. The van der Waals surface area contributed by atoms with Crippen LogP contribution in [-0.4, -0.2) is 15.3 Å². The Morgan fingerprint density at radius 1 is 1.50 bits per heavy atom. The molecule has 0 saturated carbocycles. The molecule has 0 aliphatic carbocycles. The maximum Gasteiger partial charge on any atom is 0.0850 e. The van der Waals surface area contributed by atoms with E-state index in [0.717, 1.165) is 30.0 Å². The van der Waals surface area contributed by atoms with Crippen LogP contribution in [0.1, 0.15) is 17.0 Å². The van der Waals surface area contributed by atoms with E-state index in [9.17, 15) is 0 Å². The highest BCUT2D eigenvalue weighted by atomic mass is 16.3. The highest BCUT2D eigenvalue weighted by Gasteiger charge is 2.16. The molecule has 4 nitrogen and oxygen atoms in total. The SMILES string of the molecule is OCc1[nH]nc2c1CNC2. The average molecular weight is 139 g/mol. The third kappa shape index (κ3) is 0.661. The number of hydrogen-bond acceptors (Lipinski definition) is 3. The summed E-state index contributed by atoms with van der Waals surface area (Å²) in [5, 5.41) is 18.7. The van der Waals surface area contributed by atoms with Crippen molar-refractivity contribution >= 4 is 0 Å². The van der Waals surface area contributed by atoms with Gasteiger partial charge in [-0.1, -0.05) is 0 Å². The Labute approximate surface area is 58.3 Å². The lowest BCUT2D eigenvalue weighted by molar-refractivity contribution is 0.275. The van der Waals surface area contributed by atoms with E-state index in [-0.39, 0.29) is 6.61 Å². The number of aliphatic hydroxyl groups excluding tert-OH is 1. The number of nitrogens with one attached hydrogen (secondary N) is 2. The molecule has 0 unspecified atom stereocenters. The van der Waals surface area contributed by atoms with Crippen LogP contribution < -0.4 is 5.32 Å². The van der Waals surface area contributed by atoms with Crippen LogP contribution in [0, 0.1) is 0 Å². The van der Waals surface area contributed by atoms with Crippen molar-refractivity contribution in [2.45, 2.75) is 19.7 Å². The first-order chi connectivity index (χ1) is 4.92. The van der Waals surface area contributed by atoms with E-state index in [2.05, 4.69) is 15.5 Å². The van der Waals surface area contributed by atoms with Crippen molar-refractivity contribution in [3.05, 3.63) is 17.0 Å². The quantitative estimate of drug-likeness (QED) is 0.491. The van der Waals surface area contributed by atoms with Gasteiger partial charge in [-0.15, -0.1) is 0 Å². The molecule has 1 aliphatic rings. The second-order valence-corrected chi connectivity index (χ2v) is 2.39. The van der Waals surface area contributed by atoms with Gasteiger partial charge in [0.2, 0.25) is 0 Å². The van der Waals surface area contributed by atoms with Gasteiger partial charge in [0.05, 0.1) is 18.0 Å². The smallest absolute Gasteiger partial charge is 0.0850 e. The first kappa shape index (κ1) is 5.88. The summed E-state index contributed by atoms with van der Waals surface area (Å²) >= 11 is 0. The Morgan fingerprint density at radius 2 is 2.40 bits per heavy atom. The van der Waals surface area contributed by atoms with Gasteiger partial charge < -0.3 is 10.4 Å². The number of fused-ring (bicyclic) bond motifs is 1. The Balaban J connectivity index is 2.44. The monoisotopic (exact) mass is 139 g/mol. The lowest BCUT2D eigenvalue weighted by Crippen LogP contribution is -2.03. The van der Waals surface area contributed by atoms with Crippen LogP contribution in [-0.2, 0) is 19.7 Å². The molecular weight excluding hydrogens is 130 g/mol. The third-order valence-corrected chi connectivity index (χ3v) is 1.79. The summed E-state index contributed by atoms with van der Waals surface area (Å²) in [7, 11) is 0. The summed E-state index contributed by atoms with van der Waals surface area (Å²) in [6, 6.07) is 0. The molecule has 0 bridgehead atoms. The Hall–Kier alpha value is -0.870. The molecule has 54 valence electrons. The maximum atomic E-state index is 8.79. The Kier molecular flexibility index (Phi) is 1.22. The second kappa shape index (κ2) is 2.07. The number of aliphatic hydroxyl groups is 1. The summed E-state index contributed by atoms with van der Waals surface area (Å²) < 4.78 is 0. The third-order valence-electron chi connectivity index (χ3n) is 1.79. The van der Waals surface area contributed by atoms with Gasteiger partial charge >= 0.3 is 0 Å². The predicted octanol–water partition coefficient (Wildman–Crippen LogP) is -0.495. The van der Waals surface area contributed by atoms with Crippen molar-refractivity contribution in [2.75, 3.05) is 0 Å². The van der Waals surface area contributed by atoms with Gasteiger partial charge in [0, 0.05) is 18.7 Å². The predicted molar refractivity (Wildman–Crippen MR) is 35.1 cm³/mol. The molecule has 1 aromatic rings. The van der Waals surface area contributed by atoms with Gasteiger partial charge in [-0.3, -0.25) is 5.10 Å². The summed E-state index contributed by atoms with van der Waals surface area (Å²) in [6.45, 7) is 1.72. The van der Waals surface area contributed by atoms with E-state index in [0.29, 0.717) is 0 Å². The zero-order valence-electron chi connectivity index (χ0n) is 5.52. The van der Waals surface area contributed by atoms with Gasteiger partial charge in [0.25, 0.3) is 0 Å². The van der Waals surface area contributed by atoms with E-state index in [4.69, 9.17) is 5.11 Å². The van der Waals surface area contributed by atoms with E-state index in [1.807, 2.05) is 0 Å². The molecule has 0 fully saturated rings. The summed E-state index contributed by atoms with van der Waals surface area (Å²) in [4.78, 5) is 0. The standard InChI is InChI=1S/C6H9N3O/c10-3-6-4-1-7-2-5(4)8-9-6/h7,10H,1-3H2,(H,8,9). The van der Waals surface area contributed by atoms with E-state index in [1.165, 1.54) is 0 Å². The normalized spacial score (nSPS) is 15.7. The average Bonchev–Trinajstić information content (AvgIpc) is 2.44. The number of rotatable bonds is 1. The fourth-order valence-electron chi connectivity index (χ4n) is 1.24. The molecule has 0 radical (unpaired) electrons. The molecule has 2 rings (SSSR count). The maximum absolute atomic E-state index is 8.79. The molecule has 0 saturated heterocycles. The molecule has 0 atom stereocenters. The fourth-order valence-corrected chi connectivity index (χ4v) is 1.24. The van der Waals surface area contributed by atoms with Crippen LogP contribution in [0.25, 0.3) is 0 Å². The number of aromatic nitrogens is 2. The Morgan fingerprint density at radius 3 is 3.20 bits per heavy atom. The van der Waals surface area contributed by atoms with Crippen molar-refractivity contribution in [3.8, 4) is 0 Å². The lowest BCUT2D eigenvalue weighted by atomic mass is 10.2. The van der Waals surface area contributed by atoms with Crippen molar-refractivity contribution in [1.29, 1.82) is 0 Å². The summed E-state index contributed by atoms with van der Waals surface area (Å²) in [5.74, 6) is 0. The lowest BCUT2D eigenvalue weighted by Gasteiger charge is -1.91. The van der Waals surface area contributed by atoms with Crippen molar-refractivity contribution in [3.63, 3.8) is 0 Å². The molecule has 1 aliphatic heterocycles. The Bertz CT molecular complexity index is 243. The minimum absolute atomic E-state index is 0.0595. The van der Waals surface area contributed by atoms with Crippen LogP contribution >= 0.6 is 0 Å². The van der Waals surface area contributed by atoms with Gasteiger partial charge in [0.1, 0.15) is 0 Å². The minimum atomic E-state index is 0.0595. The molecule has 2 heterocycles. The van der Waals surface area contributed by atoms with Crippen LogP contribution in [0.15, 0.2) is 0 Å². The first-order valence-corrected chi connectivity index (χ1v) is 3.28. The van der Waals surface area contributed by atoms with Gasteiger partial charge in [-0.25, -0.2) is 0 Å². The molecule has 0 spiro atoms. The minimum Gasteiger partial charge on any atom is -0.390 e. The van der Waals surface area contributed by atoms with Gasteiger partial charge in [-0.2, -0.15) is 5.10 Å². The van der Waals surface area contributed by atoms with Crippen molar-refractivity contribution in [2.24, 2.45) is 0 Å². The molecule has 0 amide bonds. The zero-order valence-corrected chi connectivity index (χ0v) is 5.52. The van der Waals surface area contributed by atoms with E-state index < -0.39 is 0 Å². The van der Waals surface area contributed by atoms with Gasteiger partial charge in [-0.05, 0) is 0 Å². The second-order valence-electron chi connectivity index (χ2n) is 2.39. The highest BCUT2D eigenvalue weighted by Crippen LogP contribution is 2.15. The number of H-pyrrole nitrogens is 1. The molecular formula is C6H9N3O. The molecule has 10 heavy (non-hydrogen) atoms. The topological polar surface area (TPSA) is 60.9 Å². The number of nitrogens with zero attached hydrogens (tertiary/aromatic N) is 1. The number of hydrogen-bond donors (Lipinski definition) is 3. The summed E-state index contributed by atoms with van der Waals surface area (Å²) in [6.07, 6.45) is 0. The van der Waals surface area contributed by atoms with E-state index in [1.54, 1.807) is 0 Å². The van der Waals surface area contributed by atoms with Gasteiger partial charge in [0.15, 0.2) is 0 Å². The largest absolute Gasteiger partial charge is 0.390 e. The number of aromatic amines is 1. The van der Waals surface area contributed by atoms with Crippen molar-refractivity contribution < 1.29 is 5.11 Å². The van der Waals surface area contributed by atoms with Crippen LogP contribution in [0.3, 0.4) is 0 Å². The van der Waals surface area contributed by atoms with E-state index >= 15 is 0 Å². The zero-order chi connectivity index (χ0) is 6.97.